The first-order chi connectivity index (χ1) is 15.8. The average molecular weight is 476 g/mol. The smallest absolute Gasteiger partial charge is 0.259 e. The Kier molecular flexibility index (Phi) is 8.20. The van der Waals surface area contributed by atoms with E-state index in [1.807, 2.05) is 0 Å². The number of hydrogen-bond acceptors (Lipinski definition) is 6. The molecular weight excluding hydrogens is 442 g/mol. The molecule has 0 atom stereocenters. The zero-order valence-electron chi connectivity index (χ0n) is 19.8. The molecule has 1 aliphatic heterocycles. The molecule has 0 unspecified atom stereocenters. The van der Waals surface area contributed by atoms with Gasteiger partial charge in [0.1, 0.15) is 11.5 Å². The largest absolute Gasteiger partial charge is 0.497 e. The van der Waals surface area contributed by atoms with Crippen molar-refractivity contribution in [2.45, 2.75) is 38.0 Å². The molecule has 3 rings (SSSR count). The van der Waals surface area contributed by atoms with Crippen LogP contribution in [0.3, 0.4) is 0 Å². The molecule has 33 heavy (non-hydrogen) atoms. The minimum absolute atomic E-state index is 0.153. The van der Waals surface area contributed by atoms with Crippen molar-refractivity contribution < 1.29 is 22.7 Å². The number of sulfonamides is 1. The molecule has 1 N–H and O–H groups in total. The van der Waals surface area contributed by atoms with E-state index in [0.29, 0.717) is 35.8 Å². The van der Waals surface area contributed by atoms with E-state index in [-0.39, 0.29) is 4.90 Å². The molecule has 2 aromatic carbocycles. The normalized spacial score (nSPS) is 14.3. The highest BCUT2D eigenvalue weighted by molar-refractivity contribution is 7.89. The summed E-state index contributed by atoms with van der Waals surface area (Å²) in [6.07, 6.45) is 3.26. The standard InChI is InChI=1S/C24H33N3O5S/c1-5-27(6-2)33(29,30)19-11-12-22(26-14-8-7-9-15-26)21(17-19)25-24(28)20-16-18(31-3)10-13-23(20)32-4/h10-13,16-17H,5-9,14-15H2,1-4H3,(H,25,28). The van der Waals surface area contributed by atoms with E-state index in [1.165, 1.54) is 18.5 Å². The predicted molar refractivity (Wildman–Crippen MR) is 130 cm³/mol. The fraction of sp³-hybridized carbons (Fsp3) is 0.458. The molecule has 1 heterocycles. The Bertz CT molecular complexity index is 1080. The minimum atomic E-state index is -3.68. The van der Waals surface area contributed by atoms with Gasteiger partial charge in [-0.15, -0.1) is 0 Å². The lowest BCUT2D eigenvalue weighted by Gasteiger charge is -2.31. The van der Waals surface area contributed by atoms with Crippen molar-refractivity contribution >= 4 is 27.3 Å². The Balaban J connectivity index is 2.05. The van der Waals surface area contributed by atoms with Crippen molar-refractivity contribution in [1.82, 2.24) is 4.31 Å². The maximum atomic E-state index is 13.3. The van der Waals surface area contributed by atoms with Crippen molar-refractivity contribution in [3.8, 4) is 11.5 Å². The average Bonchev–Trinajstić information content (AvgIpc) is 2.84. The van der Waals surface area contributed by atoms with Gasteiger partial charge in [-0.1, -0.05) is 13.8 Å². The number of methoxy groups -OCH3 is 2. The first-order valence-corrected chi connectivity index (χ1v) is 12.7. The number of rotatable bonds is 9. The third-order valence-corrected chi connectivity index (χ3v) is 7.95. The number of hydrogen-bond donors (Lipinski definition) is 1. The van der Waals surface area contributed by atoms with Gasteiger partial charge < -0.3 is 19.7 Å². The number of ether oxygens (including phenoxy) is 2. The molecule has 1 fully saturated rings. The van der Waals surface area contributed by atoms with E-state index in [4.69, 9.17) is 9.47 Å². The van der Waals surface area contributed by atoms with Crippen molar-refractivity contribution in [3.05, 3.63) is 42.0 Å². The van der Waals surface area contributed by atoms with Crippen LogP contribution in [0, 0.1) is 0 Å². The summed E-state index contributed by atoms with van der Waals surface area (Å²) in [5, 5.41) is 2.94. The van der Waals surface area contributed by atoms with Gasteiger partial charge >= 0.3 is 0 Å². The van der Waals surface area contributed by atoms with E-state index in [1.54, 1.807) is 50.2 Å². The summed E-state index contributed by atoms with van der Waals surface area (Å²) >= 11 is 0. The van der Waals surface area contributed by atoms with E-state index in [2.05, 4.69) is 10.2 Å². The number of nitrogens with zero attached hydrogens (tertiary/aromatic N) is 2. The van der Waals surface area contributed by atoms with E-state index in [0.717, 1.165) is 38.0 Å². The van der Waals surface area contributed by atoms with Gasteiger partial charge in [-0.05, 0) is 55.7 Å². The fourth-order valence-electron chi connectivity index (χ4n) is 4.08. The zero-order chi connectivity index (χ0) is 24.0. The highest BCUT2D eigenvalue weighted by Crippen LogP contribution is 2.33. The van der Waals surface area contributed by atoms with Gasteiger partial charge in [-0.25, -0.2) is 8.42 Å². The number of carbonyl (C=O) groups is 1. The van der Waals surface area contributed by atoms with Gasteiger partial charge in [0.15, 0.2) is 0 Å². The molecule has 0 radical (unpaired) electrons. The Morgan fingerprint density at radius 2 is 1.70 bits per heavy atom. The van der Waals surface area contributed by atoms with Crippen LogP contribution in [0.1, 0.15) is 43.5 Å². The summed E-state index contributed by atoms with van der Waals surface area (Å²) in [4.78, 5) is 15.6. The van der Waals surface area contributed by atoms with Crippen molar-refractivity contribution in [3.63, 3.8) is 0 Å². The third kappa shape index (κ3) is 5.42. The summed E-state index contributed by atoms with van der Waals surface area (Å²) in [6.45, 7) is 6.06. The van der Waals surface area contributed by atoms with Crippen LogP contribution in [0.2, 0.25) is 0 Å². The van der Waals surface area contributed by atoms with Crippen LogP contribution >= 0.6 is 0 Å². The van der Waals surface area contributed by atoms with Crippen LogP contribution in [0.25, 0.3) is 0 Å². The molecule has 0 aliphatic carbocycles. The first-order valence-electron chi connectivity index (χ1n) is 11.3. The number of carbonyl (C=O) groups excluding carboxylic acids is 1. The monoisotopic (exact) mass is 475 g/mol. The Morgan fingerprint density at radius 3 is 2.30 bits per heavy atom. The molecule has 0 bridgehead atoms. The Hall–Kier alpha value is -2.78. The van der Waals surface area contributed by atoms with Crippen LogP contribution in [0.4, 0.5) is 11.4 Å². The third-order valence-electron chi connectivity index (χ3n) is 5.91. The van der Waals surface area contributed by atoms with Gasteiger partial charge in [0.2, 0.25) is 10.0 Å². The lowest BCUT2D eigenvalue weighted by molar-refractivity contribution is 0.102. The highest BCUT2D eigenvalue weighted by atomic mass is 32.2. The summed E-state index contributed by atoms with van der Waals surface area (Å²) in [5.41, 5.74) is 1.57. The second-order valence-corrected chi connectivity index (χ2v) is 9.77. The van der Waals surface area contributed by atoms with Crippen LogP contribution in [-0.2, 0) is 10.0 Å². The van der Waals surface area contributed by atoms with Crippen molar-refractivity contribution in [2.24, 2.45) is 0 Å². The fourth-order valence-corrected chi connectivity index (χ4v) is 5.56. The Labute approximate surface area is 196 Å². The number of piperidine rings is 1. The topological polar surface area (TPSA) is 88.2 Å². The second-order valence-electron chi connectivity index (χ2n) is 7.84. The molecule has 0 saturated carbocycles. The Morgan fingerprint density at radius 1 is 1.00 bits per heavy atom. The molecular formula is C24H33N3O5S. The van der Waals surface area contributed by atoms with Gasteiger partial charge in [-0.3, -0.25) is 4.79 Å². The summed E-state index contributed by atoms with van der Waals surface area (Å²) in [5.74, 6) is 0.524. The minimum Gasteiger partial charge on any atom is -0.497 e. The molecule has 0 spiro atoms. The van der Waals surface area contributed by atoms with Gasteiger partial charge in [0.25, 0.3) is 5.91 Å². The maximum absolute atomic E-state index is 13.3. The summed E-state index contributed by atoms with van der Waals surface area (Å²) in [6, 6.07) is 9.96. The number of nitrogens with one attached hydrogen (secondary N) is 1. The zero-order valence-corrected chi connectivity index (χ0v) is 20.6. The number of amides is 1. The molecule has 0 aromatic heterocycles. The summed E-state index contributed by atoms with van der Waals surface area (Å²) in [7, 11) is -0.654. The van der Waals surface area contributed by atoms with E-state index >= 15 is 0 Å². The van der Waals surface area contributed by atoms with Crippen molar-refractivity contribution in [2.75, 3.05) is 50.6 Å². The van der Waals surface area contributed by atoms with Gasteiger partial charge in [-0.2, -0.15) is 4.31 Å². The van der Waals surface area contributed by atoms with Crippen LogP contribution in [-0.4, -0.2) is 59.0 Å². The van der Waals surface area contributed by atoms with E-state index in [9.17, 15) is 13.2 Å². The predicted octanol–water partition coefficient (Wildman–Crippen LogP) is 3.98. The number of benzene rings is 2. The summed E-state index contributed by atoms with van der Waals surface area (Å²) < 4.78 is 38.3. The molecule has 1 amide bonds. The van der Waals surface area contributed by atoms with Crippen molar-refractivity contribution in [1.29, 1.82) is 0 Å². The van der Waals surface area contributed by atoms with Crippen LogP contribution in [0.15, 0.2) is 41.3 Å². The second kappa shape index (κ2) is 10.9. The molecule has 9 heteroatoms. The maximum Gasteiger partial charge on any atom is 0.259 e. The SMILES string of the molecule is CCN(CC)S(=O)(=O)c1ccc(N2CCCCC2)c(NC(=O)c2cc(OC)ccc2OC)c1. The van der Waals surface area contributed by atoms with Crippen LogP contribution < -0.4 is 19.7 Å². The van der Waals surface area contributed by atoms with Gasteiger partial charge in [0.05, 0.1) is 36.1 Å². The first kappa shape index (κ1) is 24.9. The number of anilines is 2. The highest BCUT2D eigenvalue weighted by Gasteiger charge is 2.25. The molecule has 1 aliphatic rings. The van der Waals surface area contributed by atoms with Crippen LogP contribution in [0.5, 0.6) is 11.5 Å². The lowest BCUT2D eigenvalue weighted by Crippen LogP contribution is -2.32. The molecule has 2 aromatic rings. The molecule has 8 nitrogen and oxygen atoms in total. The lowest BCUT2D eigenvalue weighted by atomic mass is 10.1. The molecule has 1 saturated heterocycles. The van der Waals surface area contributed by atoms with Gasteiger partial charge in [0, 0.05) is 26.2 Å². The quantitative estimate of drug-likeness (QED) is 0.590. The molecule has 180 valence electrons. The van der Waals surface area contributed by atoms with E-state index < -0.39 is 15.9 Å².